The molecule has 148 valence electrons. The standard InChI is InChI=1S/C23H22BrN3O2/c1-2-3-11-26-22(28)19-13-17-16-12-15(24)9-10-18(16)25-20(17)21(27(19)23(26)29)14-7-5-4-6-8-14/h4-10,12,19,21,25H,2-3,11,13H2,1H3/t19-,21+/m1/s1. The number of hydrogen-bond acceptors (Lipinski definition) is 2. The van der Waals surface area contributed by atoms with Gasteiger partial charge in [0.2, 0.25) is 0 Å². The number of nitrogens with one attached hydrogen (secondary N) is 1. The molecule has 1 fully saturated rings. The van der Waals surface area contributed by atoms with Crippen molar-refractivity contribution in [2.75, 3.05) is 6.54 Å². The second-order valence-electron chi connectivity index (χ2n) is 7.77. The van der Waals surface area contributed by atoms with Crippen molar-refractivity contribution in [2.45, 2.75) is 38.3 Å². The predicted octanol–water partition coefficient (Wildman–Crippen LogP) is 5.01. The van der Waals surface area contributed by atoms with Gasteiger partial charge in [0.05, 0.1) is 0 Å². The molecule has 2 aliphatic heterocycles. The number of carbonyl (C=O) groups is 2. The first-order valence-corrected chi connectivity index (χ1v) is 10.9. The lowest BCUT2D eigenvalue weighted by Crippen LogP contribution is -2.44. The molecule has 2 aliphatic rings. The molecule has 6 heteroatoms. The maximum atomic E-state index is 13.3. The Morgan fingerprint density at radius 3 is 2.69 bits per heavy atom. The summed E-state index contributed by atoms with van der Waals surface area (Å²) in [6.45, 7) is 2.56. The summed E-state index contributed by atoms with van der Waals surface area (Å²) in [6.07, 6.45) is 2.32. The predicted molar refractivity (Wildman–Crippen MR) is 116 cm³/mol. The average molecular weight is 452 g/mol. The van der Waals surface area contributed by atoms with Gasteiger partial charge in [-0.2, -0.15) is 0 Å². The van der Waals surface area contributed by atoms with Crippen LogP contribution in [0.3, 0.4) is 0 Å². The first-order chi connectivity index (χ1) is 14.1. The summed E-state index contributed by atoms with van der Waals surface area (Å²) in [7, 11) is 0. The van der Waals surface area contributed by atoms with Gasteiger partial charge in [0.1, 0.15) is 12.1 Å². The number of urea groups is 1. The van der Waals surface area contributed by atoms with Gasteiger partial charge in [-0.05, 0) is 35.7 Å². The average Bonchev–Trinajstić information content (AvgIpc) is 3.21. The summed E-state index contributed by atoms with van der Waals surface area (Å²) in [5.41, 5.74) is 4.19. The monoisotopic (exact) mass is 451 g/mol. The molecule has 5 rings (SSSR count). The molecule has 1 saturated heterocycles. The lowest BCUT2D eigenvalue weighted by molar-refractivity contribution is -0.128. The molecular formula is C23H22BrN3O2. The molecule has 2 atom stereocenters. The molecule has 0 bridgehead atoms. The summed E-state index contributed by atoms with van der Waals surface area (Å²) >= 11 is 3.57. The highest BCUT2D eigenvalue weighted by Gasteiger charge is 2.52. The number of carbonyl (C=O) groups excluding carboxylic acids is 2. The fraction of sp³-hybridized carbons (Fsp3) is 0.304. The fourth-order valence-electron chi connectivity index (χ4n) is 4.65. The van der Waals surface area contributed by atoms with Crippen LogP contribution in [0.2, 0.25) is 0 Å². The van der Waals surface area contributed by atoms with Crippen LogP contribution in [-0.4, -0.2) is 39.3 Å². The van der Waals surface area contributed by atoms with Crippen LogP contribution in [0.1, 0.15) is 42.6 Å². The molecule has 3 heterocycles. The first-order valence-electron chi connectivity index (χ1n) is 10.1. The number of imide groups is 1. The summed E-state index contributed by atoms with van der Waals surface area (Å²) in [5, 5.41) is 1.11. The highest BCUT2D eigenvalue weighted by atomic mass is 79.9. The topological polar surface area (TPSA) is 56.4 Å². The van der Waals surface area contributed by atoms with Gasteiger partial charge >= 0.3 is 6.03 Å². The number of nitrogens with zero attached hydrogens (tertiary/aromatic N) is 2. The highest BCUT2D eigenvalue weighted by Crippen LogP contribution is 2.44. The van der Waals surface area contributed by atoms with Crippen molar-refractivity contribution >= 4 is 38.8 Å². The van der Waals surface area contributed by atoms with Gasteiger partial charge in [0, 0.05) is 34.0 Å². The minimum absolute atomic E-state index is 0.0700. The quantitative estimate of drug-likeness (QED) is 0.566. The number of amides is 3. The van der Waals surface area contributed by atoms with Crippen molar-refractivity contribution in [3.05, 3.63) is 69.8 Å². The number of unbranched alkanes of at least 4 members (excludes halogenated alkanes) is 1. The molecule has 3 amide bonds. The van der Waals surface area contributed by atoms with Crippen molar-refractivity contribution in [3.8, 4) is 0 Å². The van der Waals surface area contributed by atoms with E-state index in [9.17, 15) is 9.59 Å². The number of rotatable bonds is 4. The van der Waals surface area contributed by atoms with E-state index in [-0.39, 0.29) is 18.0 Å². The number of H-pyrrole nitrogens is 1. The van der Waals surface area contributed by atoms with E-state index < -0.39 is 6.04 Å². The number of benzene rings is 2. The zero-order chi connectivity index (χ0) is 20.1. The second kappa shape index (κ2) is 7.02. The van der Waals surface area contributed by atoms with E-state index >= 15 is 0 Å². The molecule has 0 unspecified atom stereocenters. The van der Waals surface area contributed by atoms with E-state index in [0.717, 1.165) is 45.0 Å². The Labute approximate surface area is 177 Å². The number of fused-ring (bicyclic) bond motifs is 4. The van der Waals surface area contributed by atoms with Gasteiger partial charge < -0.3 is 4.98 Å². The van der Waals surface area contributed by atoms with Gasteiger partial charge in [-0.1, -0.05) is 59.6 Å². The third-order valence-electron chi connectivity index (χ3n) is 6.04. The van der Waals surface area contributed by atoms with Crippen molar-refractivity contribution in [2.24, 2.45) is 0 Å². The third kappa shape index (κ3) is 2.81. The first kappa shape index (κ1) is 18.4. The lowest BCUT2D eigenvalue weighted by atomic mass is 9.89. The minimum Gasteiger partial charge on any atom is -0.356 e. The van der Waals surface area contributed by atoms with Gasteiger partial charge in [-0.3, -0.25) is 14.6 Å². The SMILES string of the molecule is CCCCN1C(=O)[C@H]2Cc3c([nH]c4ccc(Br)cc34)[C@H](c3ccccc3)N2C1=O. The Bertz CT molecular complexity index is 1110. The largest absolute Gasteiger partial charge is 0.356 e. The zero-order valence-corrected chi connectivity index (χ0v) is 17.8. The van der Waals surface area contributed by atoms with E-state index in [2.05, 4.69) is 33.9 Å². The Balaban J connectivity index is 1.69. The van der Waals surface area contributed by atoms with Gasteiger partial charge in [0.25, 0.3) is 5.91 Å². The maximum Gasteiger partial charge on any atom is 0.328 e. The molecule has 1 aromatic heterocycles. The van der Waals surface area contributed by atoms with Crippen molar-refractivity contribution in [1.29, 1.82) is 0 Å². The summed E-state index contributed by atoms with van der Waals surface area (Å²) in [6, 6.07) is 15.2. The van der Waals surface area contributed by atoms with Crippen LogP contribution in [0.15, 0.2) is 53.0 Å². The van der Waals surface area contributed by atoms with Crippen LogP contribution in [0.25, 0.3) is 10.9 Å². The van der Waals surface area contributed by atoms with Crippen molar-refractivity contribution in [1.82, 2.24) is 14.8 Å². The van der Waals surface area contributed by atoms with Gasteiger partial charge in [-0.25, -0.2) is 4.79 Å². The van der Waals surface area contributed by atoms with E-state index in [1.54, 1.807) is 4.90 Å². The molecule has 0 aliphatic carbocycles. The lowest BCUT2D eigenvalue weighted by Gasteiger charge is -2.36. The molecule has 3 aromatic rings. The minimum atomic E-state index is -0.449. The smallest absolute Gasteiger partial charge is 0.328 e. The van der Waals surface area contributed by atoms with E-state index in [1.807, 2.05) is 42.5 Å². The molecule has 29 heavy (non-hydrogen) atoms. The molecule has 0 radical (unpaired) electrons. The van der Waals surface area contributed by atoms with Crippen molar-refractivity contribution in [3.63, 3.8) is 0 Å². The van der Waals surface area contributed by atoms with Gasteiger partial charge in [-0.15, -0.1) is 0 Å². The number of halogens is 1. The third-order valence-corrected chi connectivity index (χ3v) is 6.53. The maximum absolute atomic E-state index is 13.3. The summed E-state index contributed by atoms with van der Waals surface area (Å²) < 4.78 is 1.00. The van der Waals surface area contributed by atoms with Crippen LogP contribution in [0, 0.1) is 0 Å². The van der Waals surface area contributed by atoms with Crippen LogP contribution in [0.4, 0.5) is 4.79 Å². The van der Waals surface area contributed by atoms with Crippen molar-refractivity contribution < 1.29 is 9.59 Å². The van der Waals surface area contributed by atoms with Gasteiger partial charge in [0.15, 0.2) is 0 Å². The van der Waals surface area contributed by atoms with Crippen LogP contribution >= 0.6 is 15.9 Å². The molecule has 0 spiro atoms. The molecule has 0 saturated carbocycles. The Hall–Kier alpha value is -2.60. The Kier molecular flexibility index (Phi) is 4.46. The molecule has 2 aromatic carbocycles. The molecule has 5 nitrogen and oxygen atoms in total. The number of aromatic amines is 1. The summed E-state index contributed by atoms with van der Waals surface area (Å²) in [4.78, 5) is 33.3. The molecule has 1 N–H and O–H groups in total. The summed E-state index contributed by atoms with van der Waals surface area (Å²) in [5.74, 6) is -0.0700. The van der Waals surface area contributed by atoms with E-state index in [0.29, 0.717) is 13.0 Å². The van der Waals surface area contributed by atoms with E-state index in [4.69, 9.17) is 0 Å². The number of aromatic nitrogens is 1. The molecular weight excluding hydrogens is 430 g/mol. The Morgan fingerprint density at radius 2 is 1.93 bits per heavy atom. The van der Waals surface area contributed by atoms with Crippen LogP contribution in [-0.2, 0) is 11.2 Å². The second-order valence-corrected chi connectivity index (χ2v) is 8.69. The normalized spacial score (nSPS) is 21.0. The Morgan fingerprint density at radius 1 is 1.14 bits per heavy atom. The van der Waals surface area contributed by atoms with E-state index in [1.165, 1.54) is 4.90 Å². The highest BCUT2D eigenvalue weighted by molar-refractivity contribution is 9.10. The number of hydrogen-bond donors (Lipinski definition) is 1. The fourth-order valence-corrected chi connectivity index (χ4v) is 5.01. The van der Waals surface area contributed by atoms with Crippen LogP contribution in [0.5, 0.6) is 0 Å². The zero-order valence-electron chi connectivity index (χ0n) is 16.2. The van der Waals surface area contributed by atoms with Crippen LogP contribution < -0.4 is 0 Å².